The number of piperidine rings is 1. The highest BCUT2D eigenvalue weighted by molar-refractivity contribution is 7.89. The van der Waals surface area contributed by atoms with Crippen LogP contribution in [0.2, 0.25) is 0 Å². The van der Waals surface area contributed by atoms with Gasteiger partial charge < -0.3 is 5.32 Å². The Balaban J connectivity index is 1.33. The number of fused-ring (bicyclic) bond motifs is 1. The molecule has 1 fully saturated rings. The van der Waals surface area contributed by atoms with Crippen molar-refractivity contribution in [2.24, 2.45) is 5.92 Å². The van der Waals surface area contributed by atoms with E-state index in [9.17, 15) is 26.4 Å². The molecule has 0 saturated carbocycles. The molecule has 33 heavy (non-hydrogen) atoms. The number of hydrogen-bond donors (Lipinski definition) is 1. The van der Waals surface area contributed by atoms with E-state index >= 15 is 0 Å². The zero-order valence-corrected chi connectivity index (χ0v) is 18.3. The summed E-state index contributed by atoms with van der Waals surface area (Å²) in [6.07, 6.45) is -2.02. The molecular formula is C21H22F3N5O3S. The number of sulfonamides is 1. The Kier molecular flexibility index (Phi) is 6.39. The third-order valence-electron chi connectivity index (χ3n) is 5.67. The summed E-state index contributed by atoms with van der Waals surface area (Å²) in [5.74, 6) is 0.0798. The number of alkyl halides is 3. The van der Waals surface area contributed by atoms with Crippen LogP contribution in [0.15, 0.2) is 53.6 Å². The lowest BCUT2D eigenvalue weighted by molar-refractivity contribution is -0.139. The van der Waals surface area contributed by atoms with Crippen LogP contribution in [0.5, 0.6) is 0 Å². The molecule has 2 aromatic heterocycles. The van der Waals surface area contributed by atoms with Crippen molar-refractivity contribution < 1.29 is 26.4 Å². The lowest BCUT2D eigenvalue weighted by Crippen LogP contribution is -2.43. The number of carbonyl (C=O) groups is 1. The second-order valence-corrected chi connectivity index (χ2v) is 9.66. The van der Waals surface area contributed by atoms with Crippen LogP contribution < -0.4 is 5.32 Å². The molecule has 8 nitrogen and oxygen atoms in total. The second-order valence-electron chi connectivity index (χ2n) is 7.76. The van der Waals surface area contributed by atoms with Crippen molar-refractivity contribution >= 4 is 21.6 Å². The smallest absolute Gasteiger partial charge is 0.355 e. The van der Waals surface area contributed by atoms with Gasteiger partial charge in [-0.3, -0.25) is 9.20 Å². The second kappa shape index (κ2) is 9.10. The molecule has 1 amide bonds. The maximum absolute atomic E-state index is 13.3. The van der Waals surface area contributed by atoms with E-state index in [0.717, 1.165) is 22.5 Å². The molecule has 12 heteroatoms. The summed E-state index contributed by atoms with van der Waals surface area (Å²) in [7, 11) is -4.33. The molecule has 0 aliphatic carbocycles. The molecule has 1 saturated heterocycles. The number of rotatable bonds is 6. The summed E-state index contributed by atoms with van der Waals surface area (Å²) in [5, 5.41) is 11.0. The summed E-state index contributed by atoms with van der Waals surface area (Å²) in [4.78, 5) is 11.8. The minimum Gasteiger partial charge on any atom is -0.355 e. The molecule has 1 N–H and O–H groups in total. The predicted octanol–water partition coefficient (Wildman–Crippen LogP) is 2.51. The highest BCUT2D eigenvalue weighted by Crippen LogP contribution is 2.36. The van der Waals surface area contributed by atoms with Crippen LogP contribution in [0.4, 0.5) is 13.2 Å². The van der Waals surface area contributed by atoms with E-state index in [1.807, 2.05) is 28.8 Å². The predicted molar refractivity (Wildman–Crippen MR) is 113 cm³/mol. The Hall–Kier alpha value is -2.99. The Morgan fingerprint density at radius 3 is 2.48 bits per heavy atom. The molecule has 1 aliphatic rings. The lowest BCUT2D eigenvalue weighted by Gasteiger charge is -2.31. The molecule has 176 valence electrons. The molecule has 0 bridgehead atoms. The molecule has 3 heterocycles. The first kappa shape index (κ1) is 23.2. The van der Waals surface area contributed by atoms with Crippen molar-refractivity contribution in [1.29, 1.82) is 0 Å². The molecule has 1 aliphatic heterocycles. The van der Waals surface area contributed by atoms with Gasteiger partial charge in [-0.05, 0) is 37.1 Å². The van der Waals surface area contributed by atoms with Crippen molar-refractivity contribution in [3.05, 3.63) is 60.0 Å². The van der Waals surface area contributed by atoms with Gasteiger partial charge in [-0.25, -0.2) is 8.42 Å². The number of halogens is 3. The molecule has 4 rings (SSSR count). The van der Waals surface area contributed by atoms with Crippen LogP contribution >= 0.6 is 0 Å². The van der Waals surface area contributed by atoms with Crippen LogP contribution in [-0.4, -0.2) is 52.9 Å². The van der Waals surface area contributed by atoms with Crippen LogP contribution in [0.1, 0.15) is 24.2 Å². The van der Waals surface area contributed by atoms with Gasteiger partial charge in [-0.2, -0.15) is 17.5 Å². The third-order valence-corrected chi connectivity index (χ3v) is 7.62. The van der Waals surface area contributed by atoms with Gasteiger partial charge in [0.1, 0.15) is 5.82 Å². The van der Waals surface area contributed by atoms with Gasteiger partial charge in [0.25, 0.3) is 0 Å². The number of nitrogens with zero attached hydrogens (tertiary/aromatic N) is 4. The van der Waals surface area contributed by atoms with Crippen molar-refractivity contribution in [2.75, 3.05) is 19.6 Å². The summed E-state index contributed by atoms with van der Waals surface area (Å²) in [6, 6.07) is 9.67. The zero-order chi connectivity index (χ0) is 23.6. The van der Waals surface area contributed by atoms with Crippen molar-refractivity contribution in [3.8, 4) is 0 Å². The quantitative estimate of drug-likeness (QED) is 0.584. The van der Waals surface area contributed by atoms with E-state index in [1.165, 1.54) is 6.07 Å². The minimum atomic E-state index is -4.78. The molecule has 0 unspecified atom stereocenters. The van der Waals surface area contributed by atoms with E-state index in [2.05, 4.69) is 15.5 Å². The number of pyridine rings is 1. The molecule has 0 spiro atoms. The molecule has 1 aromatic carbocycles. The van der Waals surface area contributed by atoms with Gasteiger partial charge in [0.2, 0.25) is 15.9 Å². The summed E-state index contributed by atoms with van der Waals surface area (Å²) >= 11 is 0. The van der Waals surface area contributed by atoms with E-state index in [-0.39, 0.29) is 31.8 Å². The first-order chi connectivity index (χ1) is 15.7. The monoisotopic (exact) mass is 481 g/mol. The first-order valence-electron chi connectivity index (χ1n) is 10.4. The van der Waals surface area contributed by atoms with Crippen molar-refractivity contribution in [3.63, 3.8) is 0 Å². The van der Waals surface area contributed by atoms with E-state index < -0.39 is 32.6 Å². The fourth-order valence-corrected chi connectivity index (χ4v) is 5.61. The number of hydrogen-bond acceptors (Lipinski definition) is 5. The topological polar surface area (TPSA) is 96.7 Å². The number of aromatic nitrogens is 3. The van der Waals surface area contributed by atoms with Crippen LogP contribution in [-0.2, 0) is 27.4 Å². The first-order valence-corrected chi connectivity index (χ1v) is 11.8. The van der Waals surface area contributed by atoms with Gasteiger partial charge in [0.05, 0.1) is 10.5 Å². The summed E-state index contributed by atoms with van der Waals surface area (Å²) in [5.41, 5.74) is -0.481. The number of carbonyl (C=O) groups excluding carboxylic acids is 1. The summed E-state index contributed by atoms with van der Waals surface area (Å²) < 4.78 is 68.4. The normalized spacial score (nSPS) is 16.2. The van der Waals surface area contributed by atoms with Gasteiger partial charge in [-0.15, -0.1) is 10.2 Å². The highest BCUT2D eigenvalue weighted by Gasteiger charge is 2.40. The average Bonchev–Trinajstić information content (AvgIpc) is 3.22. The fraction of sp³-hybridized carbons (Fsp3) is 0.381. The van der Waals surface area contributed by atoms with Gasteiger partial charge in [-0.1, -0.05) is 18.2 Å². The Morgan fingerprint density at radius 2 is 1.76 bits per heavy atom. The Morgan fingerprint density at radius 1 is 1.06 bits per heavy atom. The minimum absolute atomic E-state index is 0.0264. The van der Waals surface area contributed by atoms with E-state index in [1.54, 1.807) is 0 Å². The lowest BCUT2D eigenvalue weighted by atomic mass is 9.97. The molecule has 3 aromatic rings. The number of amides is 1. The largest absolute Gasteiger partial charge is 0.417 e. The van der Waals surface area contributed by atoms with E-state index in [0.29, 0.717) is 24.4 Å². The van der Waals surface area contributed by atoms with Gasteiger partial charge in [0, 0.05) is 38.2 Å². The fourth-order valence-electron chi connectivity index (χ4n) is 3.93. The SMILES string of the molecule is O=C(NCCc1nnc2ccccn12)C1CCN(S(=O)(=O)c2ccccc2C(F)(F)F)CC1. The highest BCUT2D eigenvalue weighted by atomic mass is 32.2. The van der Waals surface area contributed by atoms with E-state index in [4.69, 9.17) is 0 Å². The maximum Gasteiger partial charge on any atom is 0.417 e. The maximum atomic E-state index is 13.3. The average molecular weight is 482 g/mol. The molecule has 0 atom stereocenters. The van der Waals surface area contributed by atoms with Crippen LogP contribution in [0.3, 0.4) is 0 Å². The molecule has 0 radical (unpaired) electrons. The van der Waals surface area contributed by atoms with Crippen molar-refractivity contribution in [1.82, 2.24) is 24.2 Å². The Bertz CT molecular complexity index is 1250. The van der Waals surface area contributed by atoms with Gasteiger partial charge in [0.15, 0.2) is 5.65 Å². The standard InChI is InChI=1S/C21H22F3N5O3S/c22-21(23,24)16-5-1-2-6-17(16)33(31,32)28-13-9-15(10-14-28)20(30)25-11-8-19-27-26-18-7-3-4-12-29(18)19/h1-7,12,15H,8-11,13-14H2,(H,25,30). The zero-order valence-electron chi connectivity index (χ0n) is 17.5. The number of nitrogens with one attached hydrogen (secondary N) is 1. The van der Waals surface area contributed by atoms with Crippen LogP contribution in [0, 0.1) is 5.92 Å². The number of benzene rings is 1. The molecular weight excluding hydrogens is 459 g/mol. The van der Waals surface area contributed by atoms with Crippen molar-refractivity contribution in [2.45, 2.75) is 30.3 Å². The van der Waals surface area contributed by atoms with Gasteiger partial charge >= 0.3 is 6.18 Å². The van der Waals surface area contributed by atoms with Crippen LogP contribution in [0.25, 0.3) is 5.65 Å². The summed E-state index contributed by atoms with van der Waals surface area (Å²) in [6.45, 7) is 0.287. The third kappa shape index (κ3) is 4.86. The Labute approximate surface area is 188 Å².